The summed E-state index contributed by atoms with van der Waals surface area (Å²) >= 11 is 6.68. The van der Waals surface area contributed by atoms with Crippen molar-refractivity contribution in [1.29, 1.82) is 0 Å². The number of phenols is 2. The zero-order valence-electron chi connectivity index (χ0n) is 17.1. The lowest BCUT2D eigenvalue weighted by Crippen LogP contribution is -2.37. The van der Waals surface area contributed by atoms with Crippen molar-refractivity contribution >= 4 is 49.8 Å². The molecular weight excluding hydrogens is 534 g/mol. The molecule has 162 valence electrons. The molecule has 4 nitrogen and oxygen atoms in total. The van der Waals surface area contributed by atoms with Gasteiger partial charge in [-0.05, 0) is 85.0 Å². The Hall–Kier alpha value is -2.67. The number of benzene rings is 3. The number of likely N-dealkylation sites (tertiary alicyclic amines) is 1. The molecular formula is C26H21Br2NO3. The number of Topliss-reactive ketones (excluding diaryl/α,β-unsaturated/α-hetero) is 1. The number of halogens is 2. The van der Waals surface area contributed by atoms with Crippen molar-refractivity contribution in [2.24, 2.45) is 0 Å². The molecule has 32 heavy (non-hydrogen) atoms. The number of phenolic OH excluding ortho intramolecular Hbond substituents is 2. The number of nitrogens with zero attached hydrogens (tertiary/aromatic N) is 1. The lowest BCUT2D eigenvalue weighted by molar-refractivity contribution is -0.113. The molecule has 0 atom stereocenters. The first kappa shape index (κ1) is 22.5. The van der Waals surface area contributed by atoms with Crippen LogP contribution in [-0.2, 0) is 11.3 Å². The number of rotatable bonds is 4. The number of carbonyl (C=O) groups excluding carboxylic acids is 1. The van der Waals surface area contributed by atoms with E-state index in [-0.39, 0.29) is 17.3 Å². The molecule has 1 aliphatic heterocycles. The third kappa shape index (κ3) is 5.38. The van der Waals surface area contributed by atoms with E-state index in [4.69, 9.17) is 0 Å². The van der Waals surface area contributed by atoms with Crippen LogP contribution in [0.3, 0.4) is 0 Å². The van der Waals surface area contributed by atoms with Crippen molar-refractivity contribution in [2.45, 2.75) is 6.54 Å². The fourth-order valence-corrected chi connectivity index (χ4v) is 4.48. The summed E-state index contributed by atoms with van der Waals surface area (Å²) in [5.74, 6) is 0.320. The molecule has 0 unspecified atom stereocenters. The van der Waals surface area contributed by atoms with Gasteiger partial charge in [0.05, 0.1) is 8.95 Å². The summed E-state index contributed by atoms with van der Waals surface area (Å²) in [4.78, 5) is 15.6. The van der Waals surface area contributed by atoms with Crippen LogP contribution in [0.1, 0.15) is 16.7 Å². The van der Waals surface area contributed by atoms with E-state index in [0.29, 0.717) is 33.2 Å². The highest BCUT2D eigenvalue weighted by Crippen LogP contribution is 2.29. The van der Waals surface area contributed by atoms with Crippen LogP contribution in [0.5, 0.6) is 11.5 Å². The maximum atomic E-state index is 13.4. The minimum absolute atomic E-state index is 0.00251. The van der Waals surface area contributed by atoms with Crippen LogP contribution in [-0.4, -0.2) is 34.0 Å². The lowest BCUT2D eigenvalue weighted by Gasteiger charge is -2.30. The van der Waals surface area contributed by atoms with Gasteiger partial charge in [0.25, 0.3) is 0 Å². The van der Waals surface area contributed by atoms with E-state index >= 15 is 0 Å². The van der Waals surface area contributed by atoms with Crippen LogP contribution in [0.4, 0.5) is 0 Å². The molecule has 3 aromatic rings. The molecule has 2 N–H and O–H groups in total. The second-order valence-corrected chi connectivity index (χ2v) is 9.43. The van der Waals surface area contributed by atoms with Crippen LogP contribution in [0, 0.1) is 0 Å². The highest BCUT2D eigenvalue weighted by Gasteiger charge is 2.26. The fraction of sp³-hybridized carbons (Fsp3) is 0.115. The molecule has 0 amide bonds. The SMILES string of the molecule is O=C1/C(=C\c2ccc(O)c(Br)c2)CN(Cc2ccccc2)C/C1=C\c1ccc(O)c(Br)c1. The van der Waals surface area contributed by atoms with Crippen molar-refractivity contribution in [2.75, 3.05) is 13.1 Å². The molecule has 1 heterocycles. The van der Waals surface area contributed by atoms with E-state index < -0.39 is 0 Å². The van der Waals surface area contributed by atoms with Gasteiger partial charge in [-0.3, -0.25) is 9.69 Å². The Labute approximate surface area is 203 Å². The maximum Gasteiger partial charge on any atom is 0.187 e. The van der Waals surface area contributed by atoms with E-state index in [1.807, 2.05) is 30.4 Å². The smallest absolute Gasteiger partial charge is 0.187 e. The molecule has 0 radical (unpaired) electrons. The van der Waals surface area contributed by atoms with Crippen molar-refractivity contribution < 1.29 is 15.0 Å². The minimum Gasteiger partial charge on any atom is -0.507 e. The first-order chi connectivity index (χ1) is 15.4. The maximum absolute atomic E-state index is 13.4. The first-order valence-corrected chi connectivity index (χ1v) is 11.7. The van der Waals surface area contributed by atoms with Gasteiger partial charge < -0.3 is 10.2 Å². The Morgan fingerprint density at radius 1 is 0.781 bits per heavy atom. The molecule has 6 heteroatoms. The number of ketones is 1. The summed E-state index contributed by atoms with van der Waals surface area (Å²) in [7, 11) is 0. The van der Waals surface area contributed by atoms with Gasteiger partial charge in [0.1, 0.15) is 11.5 Å². The molecule has 3 aromatic carbocycles. The Morgan fingerprint density at radius 3 is 1.75 bits per heavy atom. The predicted octanol–water partition coefficient (Wildman–Crippen LogP) is 6.17. The Kier molecular flexibility index (Phi) is 6.94. The van der Waals surface area contributed by atoms with Crippen molar-refractivity contribution in [3.05, 3.63) is 104 Å². The molecule has 0 bridgehead atoms. The normalized spacial score (nSPS) is 17.2. The van der Waals surface area contributed by atoms with E-state index in [2.05, 4.69) is 48.9 Å². The van der Waals surface area contributed by atoms with Crippen LogP contribution in [0.25, 0.3) is 12.2 Å². The van der Waals surface area contributed by atoms with Crippen LogP contribution < -0.4 is 0 Å². The Morgan fingerprint density at radius 2 is 1.28 bits per heavy atom. The monoisotopic (exact) mass is 553 g/mol. The number of piperidine rings is 1. The minimum atomic E-state index is 0.00251. The zero-order chi connectivity index (χ0) is 22.7. The van der Waals surface area contributed by atoms with Gasteiger partial charge in [-0.2, -0.15) is 0 Å². The number of aromatic hydroxyl groups is 2. The quantitative estimate of drug-likeness (QED) is 0.378. The van der Waals surface area contributed by atoms with Gasteiger partial charge in [0.15, 0.2) is 5.78 Å². The third-order valence-electron chi connectivity index (χ3n) is 5.25. The number of hydrogen-bond donors (Lipinski definition) is 2. The predicted molar refractivity (Wildman–Crippen MR) is 134 cm³/mol. The molecule has 0 aromatic heterocycles. The summed E-state index contributed by atoms with van der Waals surface area (Å²) in [6.45, 7) is 1.78. The summed E-state index contributed by atoms with van der Waals surface area (Å²) in [5.41, 5.74) is 4.24. The first-order valence-electron chi connectivity index (χ1n) is 10.1. The average molecular weight is 555 g/mol. The van der Waals surface area contributed by atoms with Crippen molar-refractivity contribution in [3.63, 3.8) is 0 Å². The molecule has 0 saturated carbocycles. The molecule has 1 saturated heterocycles. The summed E-state index contributed by atoms with van der Waals surface area (Å²) < 4.78 is 1.17. The van der Waals surface area contributed by atoms with Gasteiger partial charge in [-0.1, -0.05) is 42.5 Å². The van der Waals surface area contributed by atoms with E-state index in [9.17, 15) is 15.0 Å². The van der Waals surface area contributed by atoms with Crippen LogP contribution in [0.15, 0.2) is 86.8 Å². The Bertz CT molecular complexity index is 1150. The summed E-state index contributed by atoms with van der Waals surface area (Å²) in [6.07, 6.45) is 3.76. The average Bonchev–Trinajstić information content (AvgIpc) is 2.77. The molecule has 1 aliphatic rings. The second kappa shape index (κ2) is 9.86. The highest BCUT2D eigenvalue weighted by molar-refractivity contribution is 9.10. The fourth-order valence-electron chi connectivity index (χ4n) is 3.69. The molecule has 1 fully saturated rings. The van der Waals surface area contributed by atoms with Crippen molar-refractivity contribution in [1.82, 2.24) is 4.90 Å². The third-order valence-corrected chi connectivity index (χ3v) is 6.52. The summed E-state index contributed by atoms with van der Waals surface area (Å²) in [6, 6.07) is 20.6. The standard InChI is InChI=1S/C26H21Br2NO3/c27-22-12-18(6-8-24(22)30)10-20-15-29(14-17-4-2-1-3-5-17)16-21(26(20)32)11-19-7-9-25(31)23(28)13-19/h1-13,30-31H,14-16H2/b20-10-,21-11+. The lowest BCUT2D eigenvalue weighted by atomic mass is 9.94. The van der Waals surface area contributed by atoms with E-state index in [1.165, 1.54) is 5.56 Å². The topological polar surface area (TPSA) is 60.8 Å². The second-order valence-electron chi connectivity index (χ2n) is 7.72. The van der Waals surface area contributed by atoms with E-state index in [1.54, 1.807) is 36.4 Å². The summed E-state index contributed by atoms with van der Waals surface area (Å²) in [5, 5.41) is 19.6. The van der Waals surface area contributed by atoms with Gasteiger partial charge in [0.2, 0.25) is 0 Å². The van der Waals surface area contributed by atoms with Gasteiger partial charge >= 0.3 is 0 Å². The van der Waals surface area contributed by atoms with Crippen LogP contribution >= 0.6 is 31.9 Å². The largest absolute Gasteiger partial charge is 0.507 e. The zero-order valence-corrected chi connectivity index (χ0v) is 20.3. The Balaban J connectivity index is 1.70. The van der Waals surface area contributed by atoms with Gasteiger partial charge in [0, 0.05) is 30.8 Å². The van der Waals surface area contributed by atoms with E-state index in [0.717, 1.165) is 17.7 Å². The number of carbonyl (C=O) groups is 1. The molecule has 0 aliphatic carbocycles. The number of hydrogen-bond acceptors (Lipinski definition) is 4. The molecule has 0 spiro atoms. The van der Waals surface area contributed by atoms with Crippen molar-refractivity contribution in [3.8, 4) is 11.5 Å². The van der Waals surface area contributed by atoms with Gasteiger partial charge in [-0.25, -0.2) is 0 Å². The van der Waals surface area contributed by atoms with Crippen LogP contribution in [0.2, 0.25) is 0 Å². The van der Waals surface area contributed by atoms with Gasteiger partial charge in [-0.15, -0.1) is 0 Å². The highest BCUT2D eigenvalue weighted by atomic mass is 79.9. The molecule has 4 rings (SSSR count).